The van der Waals surface area contributed by atoms with E-state index < -0.39 is 0 Å². The maximum Gasteiger partial charge on any atom is 0.238 e. The van der Waals surface area contributed by atoms with Crippen molar-refractivity contribution in [3.8, 4) is 0 Å². The van der Waals surface area contributed by atoms with E-state index in [-0.39, 0.29) is 5.76 Å². The van der Waals surface area contributed by atoms with Gasteiger partial charge in [-0.2, -0.15) is 4.57 Å². The average Bonchev–Trinajstić information content (AvgIpc) is 2.71. The van der Waals surface area contributed by atoms with E-state index in [1.807, 2.05) is 80.8 Å². The van der Waals surface area contributed by atoms with E-state index in [9.17, 15) is 5.11 Å². The maximum atomic E-state index is 13.3. The van der Waals surface area contributed by atoms with Crippen molar-refractivity contribution in [3.05, 3.63) is 95.3 Å². The molecule has 0 spiro atoms. The van der Waals surface area contributed by atoms with Crippen molar-refractivity contribution in [1.82, 2.24) is 0 Å². The first-order valence-electron chi connectivity index (χ1n) is 9.35. The first-order chi connectivity index (χ1) is 13.5. The zero-order valence-electron chi connectivity index (χ0n) is 16.4. The standard InChI is InChI=1S/C24H24N2OS/c1-4-19-10-12-20(13-11-19)23(27)22(26-14-6-5-7-15-26)24(28)25-21-16-17(2)8-9-18(21)3/h5-16H,4H2,1-3H3,(H-,25,27,28). The highest BCUT2D eigenvalue weighted by molar-refractivity contribution is 7.81. The molecule has 0 unspecified atom stereocenters. The molecule has 0 aliphatic carbocycles. The summed E-state index contributed by atoms with van der Waals surface area (Å²) in [6.07, 6.45) is 4.61. The van der Waals surface area contributed by atoms with Gasteiger partial charge < -0.3 is 10.4 Å². The lowest BCUT2D eigenvalue weighted by molar-refractivity contribution is -0.577. The van der Waals surface area contributed by atoms with Gasteiger partial charge in [0.05, 0.1) is 0 Å². The first kappa shape index (κ1) is 19.8. The summed E-state index contributed by atoms with van der Waals surface area (Å²) in [4.78, 5) is 0.398. The second kappa shape index (κ2) is 8.81. The van der Waals surface area contributed by atoms with Crippen molar-refractivity contribution in [2.24, 2.45) is 0 Å². The third-order valence-electron chi connectivity index (χ3n) is 4.67. The van der Waals surface area contributed by atoms with Crippen molar-refractivity contribution < 1.29 is 9.67 Å². The zero-order valence-corrected chi connectivity index (χ0v) is 17.2. The molecule has 0 aliphatic rings. The number of hydrogen-bond donors (Lipinski definition) is 1. The minimum atomic E-state index is -0.110. The Balaban J connectivity index is 2.06. The molecule has 3 rings (SSSR count). The molecule has 0 saturated heterocycles. The largest absolute Gasteiger partial charge is 0.867 e. The Kier molecular flexibility index (Phi) is 6.22. The molecule has 0 bridgehead atoms. The highest BCUT2D eigenvalue weighted by atomic mass is 32.1. The van der Waals surface area contributed by atoms with Crippen molar-refractivity contribution in [2.75, 3.05) is 5.32 Å². The lowest BCUT2D eigenvalue weighted by atomic mass is 10.1. The third-order valence-corrected chi connectivity index (χ3v) is 4.96. The number of aromatic nitrogens is 1. The Morgan fingerprint density at radius 1 is 1.00 bits per heavy atom. The van der Waals surface area contributed by atoms with Gasteiger partial charge in [0.15, 0.2) is 17.4 Å². The van der Waals surface area contributed by atoms with Crippen molar-refractivity contribution in [1.29, 1.82) is 0 Å². The fourth-order valence-corrected chi connectivity index (χ4v) is 3.27. The first-order valence-corrected chi connectivity index (χ1v) is 9.76. The fourth-order valence-electron chi connectivity index (χ4n) is 2.97. The number of hydrogen-bond acceptors (Lipinski definition) is 2. The van der Waals surface area contributed by atoms with Gasteiger partial charge in [0, 0.05) is 17.8 Å². The van der Waals surface area contributed by atoms with Crippen LogP contribution in [0.3, 0.4) is 0 Å². The van der Waals surface area contributed by atoms with Gasteiger partial charge in [-0.15, -0.1) is 0 Å². The molecular formula is C24H24N2OS. The van der Waals surface area contributed by atoms with Gasteiger partial charge >= 0.3 is 0 Å². The third kappa shape index (κ3) is 4.46. The molecular weight excluding hydrogens is 364 g/mol. The van der Waals surface area contributed by atoms with E-state index in [4.69, 9.17) is 12.2 Å². The van der Waals surface area contributed by atoms with Crippen molar-refractivity contribution >= 4 is 34.3 Å². The molecule has 142 valence electrons. The van der Waals surface area contributed by atoms with Crippen LogP contribution in [0.15, 0.2) is 73.1 Å². The summed E-state index contributed by atoms with van der Waals surface area (Å²) in [6, 6.07) is 19.5. The molecule has 0 aliphatic heterocycles. The van der Waals surface area contributed by atoms with E-state index >= 15 is 0 Å². The minimum absolute atomic E-state index is 0.110. The molecule has 3 nitrogen and oxygen atoms in total. The predicted molar refractivity (Wildman–Crippen MR) is 118 cm³/mol. The van der Waals surface area contributed by atoms with Crippen LogP contribution >= 0.6 is 12.2 Å². The molecule has 0 atom stereocenters. The van der Waals surface area contributed by atoms with Crippen molar-refractivity contribution in [3.63, 3.8) is 0 Å². The van der Waals surface area contributed by atoms with Crippen LogP contribution in [0.2, 0.25) is 0 Å². The van der Waals surface area contributed by atoms with Crippen LogP contribution in [0.5, 0.6) is 0 Å². The molecule has 0 radical (unpaired) electrons. The topological polar surface area (TPSA) is 39.0 Å². The van der Waals surface area contributed by atoms with E-state index in [0.717, 1.165) is 23.2 Å². The minimum Gasteiger partial charge on any atom is -0.867 e. The molecule has 1 aromatic heterocycles. The Morgan fingerprint density at radius 3 is 2.32 bits per heavy atom. The molecule has 1 N–H and O–H groups in total. The molecule has 28 heavy (non-hydrogen) atoms. The number of benzene rings is 2. The summed E-state index contributed by atoms with van der Waals surface area (Å²) in [6.45, 7) is 6.15. The quantitative estimate of drug-likeness (QED) is 0.307. The van der Waals surface area contributed by atoms with Gasteiger partial charge in [0.2, 0.25) is 5.70 Å². The van der Waals surface area contributed by atoms with Gasteiger partial charge in [0.1, 0.15) is 0 Å². The van der Waals surface area contributed by atoms with Gasteiger partial charge in [-0.25, -0.2) is 0 Å². The van der Waals surface area contributed by atoms with E-state index in [2.05, 4.69) is 18.3 Å². The molecule has 3 aromatic rings. The number of nitrogens with zero attached hydrogens (tertiary/aromatic N) is 1. The lowest BCUT2D eigenvalue weighted by Crippen LogP contribution is -2.39. The van der Waals surface area contributed by atoms with Gasteiger partial charge in [-0.1, -0.05) is 61.6 Å². The average molecular weight is 389 g/mol. The maximum absolute atomic E-state index is 13.3. The molecule has 2 aromatic carbocycles. The fraction of sp³-hybridized carbons (Fsp3) is 0.167. The summed E-state index contributed by atoms with van der Waals surface area (Å²) < 4.78 is 1.77. The van der Waals surface area contributed by atoms with Gasteiger partial charge in [-0.3, -0.25) is 0 Å². The summed E-state index contributed by atoms with van der Waals surface area (Å²) in [5.41, 5.74) is 5.36. The Hall–Kier alpha value is -2.98. The number of anilines is 1. The lowest BCUT2D eigenvalue weighted by Gasteiger charge is -2.18. The van der Waals surface area contributed by atoms with Crippen LogP contribution in [0.25, 0.3) is 11.5 Å². The Labute approximate surface area is 172 Å². The van der Waals surface area contributed by atoms with Crippen LogP contribution in [0.1, 0.15) is 29.2 Å². The molecule has 0 saturated carbocycles. The van der Waals surface area contributed by atoms with Crippen LogP contribution in [-0.2, 0) is 6.42 Å². The van der Waals surface area contributed by atoms with E-state index in [0.29, 0.717) is 16.2 Å². The highest BCUT2D eigenvalue weighted by Gasteiger charge is 2.19. The van der Waals surface area contributed by atoms with Crippen LogP contribution in [0.4, 0.5) is 5.69 Å². The van der Waals surface area contributed by atoms with E-state index in [1.54, 1.807) is 4.57 Å². The predicted octanol–water partition coefficient (Wildman–Crippen LogP) is 4.28. The monoisotopic (exact) mass is 388 g/mol. The summed E-state index contributed by atoms with van der Waals surface area (Å²) in [5, 5.41) is 16.6. The van der Waals surface area contributed by atoms with Crippen LogP contribution in [0, 0.1) is 13.8 Å². The summed E-state index contributed by atoms with van der Waals surface area (Å²) in [7, 11) is 0. The van der Waals surface area contributed by atoms with Crippen LogP contribution in [-0.4, -0.2) is 4.99 Å². The van der Waals surface area contributed by atoms with E-state index in [1.165, 1.54) is 5.56 Å². The van der Waals surface area contributed by atoms with Gasteiger partial charge in [0.25, 0.3) is 0 Å². The SMILES string of the molecule is CCc1ccc(/C([O-])=C(/C(=S)Nc2cc(C)ccc2C)[n+]2ccccc2)cc1. The van der Waals surface area contributed by atoms with Crippen molar-refractivity contribution in [2.45, 2.75) is 27.2 Å². The highest BCUT2D eigenvalue weighted by Crippen LogP contribution is 2.21. The molecule has 0 amide bonds. The molecule has 1 heterocycles. The number of pyridine rings is 1. The smallest absolute Gasteiger partial charge is 0.238 e. The number of rotatable bonds is 5. The summed E-state index contributed by atoms with van der Waals surface area (Å²) in [5.74, 6) is -0.110. The molecule has 0 fully saturated rings. The van der Waals surface area contributed by atoms with Crippen LogP contribution < -0.4 is 15.0 Å². The Morgan fingerprint density at radius 2 is 1.68 bits per heavy atom. The number of thiocarbonyl (C=S) groups is 1. The second-order valence-electron chi connectivity index (χ2n) is 6.78. The zero-order chi connectivity index (χ0) is 20.1. The summed E-state index contributed by atoms with van der Waals surface area (Å²) >= 11 is 5.68. The van der Waals surface area contributed by atoms with Gasteiger partial charge in [-0.05, 0) is 54.3 Å². The second-order valence-corrected chi connectivity index (χ2v) is 7.19. The number of nitrogens with one attached hydrogen (secondary N) is 1. The molecule has 4 heteroatoms. The number of aryl methyl sites for hydroxylation is 3. The Bertz CT molecular complexity index is 1010. The normalized spacial score (nSPS) is 11.7.